The number of hydrogen-bond acceptors (Lipinski definition) is 6. The van der Waals surface area contributed by atoms with Crippen molar-refractivity contribution in [3.8, 4) is 0 Å². The number of amides is 1. The summed E-state index contributed by atoms with van der Waals surface area (Å²) in [4.78, 5) is 23.1. The number of carbonyl (C=O) groups is 1. The molecule has 0 aliphatic carbocycles. The molecule has 4 rings (SSSR count). The molecule has 4 heterocycles. The van der Waals surface area contributed by atoms with E-state index in [4.69, 9.17) is 0 Å². The van der Waals surface area contributed by atoms with E-state index in [1.807, 2.05) is 33.8 Å². The molecule has 1 amide bonds. The van der Waals surface area contributed by atoms with Gasteiger partial charge < -0.3 is 10.2 Å². The third kappa shape index (κ3) is 3.53. The highest BCUT2D eigenvalue weighted by atomic mass is 32.1. The minimum atomic E-state index is -0.0289. The normalized spacial score (nSPS) is 17.0. The number of hydrogen-bond donors (Lipinski definition) is 1. The first kappa shape index (κ1) is 15.8. The fraction of sp³-hybridized carbons (Fsp3) is 0.294. The third-order valence-corrected chi connectivity index (χ3v) is 4.83. The van der Waals surface area contributed by atoms with Crippen LogP contribution in [0.2, 0.25) is 0 Å². The number of fused-ring (bicyclic) bond motifs is 1. The molecule has 25 heavy (non-hydrogen) atoms. The summed E-state index contributed by atoms with van der Waals surface area (Å²) in [5.74, 6) is 1.04. The van der Waals surface area contributed by atoms with E-state index < -0.39 is 0 Å². The number of carbonyl (C=O) groups excluding carboxylic acids is 1. The second-order valence-corrected chi connectivity index (χ2v) is 6.74. The van der Waals surface area contributed by atoms with Crippen molar-refractivity contribution < 1.29 is 4.79 Å². The Balaban J connectivity index is 1.52. The number of anilines is 1. The maximum absolute atomic E-state index is 12.8. The molecular weight excluding hydrogens is 336 g/mol. The van der Waals surface area contributed by atoms with Crippen LogP contribution in [-0.2, 0) is 13.1 Å². The van der Waals surface area contributed by atoms with Crippen LogP contribution in [0.25, 0.3) is 0 Å². The molecule has 0 radical (unpaired) electrons. The second-order valence-electron chi connectivity index (χ2n) is 6.03. The number of pyridine rings is 1. The molecule has 7 nitrogen and oxygen atoms in total. The fourth-order valence-electron chi connectivity index (χ4n) is 3.01. The van der Waals surface area contributed by atoms with Gasteiger partial charge in [0.2, 0.25) is 0 Å². The lowest BCUT2D eigenvalue weighted by Gasteiger charge is -2.23. The molecule has 1 N–H and O–H groups in total. The summed E-state index contributed by atoms with van der Waals surface area (Å²) < 4.78 is 1.99. The summed E-state index contributed by atoms with van der Waals surface area (Å²) in [5, 5.41) is 9.55. The van der Waals surface area contributed by atoms with Gasteiger partial charge in [0.05, 0.1) is 17.7 Å². The smallest absolute Gasteiger partial charge is 0.273 e. The lowest BCUT2D eigenvalue weighted by molar-refractivity contribution is 0.0719. The Morgan fingerprint density at radius 3 is 3.00 bits per heavy atom. The molecule has 0 unspecified atom stereocenters. The Morgan fingerprint density at radius 2 is 2.20 bits per heavy atom. The summed E-state index contributed by atoms with van der Waals surface area (Å²) in [7, 11) is 0. The maximum atomic E-state index is 12.8. The molecule has 0 aromatic carbocycles. The van der Waals surface area contributed by atoms with E-state index >= 15 is 0 Å². The van der Waals surface area contributed by atoms with Crippen LogP contribution in [0.4, 0.5) is 5.82 Å². The number of aromatic nitrogens is 4. The fourth-order valence-corrected chi connectivity index (χ4v) is 3.54. The van der Waals surface area contributed by atoms with Crippen LogP contribution in [0.3, 0.4) is 0 Å². The van der Waals surface area contributed by atoms with Crippen molar-refractivity contribution in [2.75, 3.05) is 18.4 Å². The SMILES string of the molecule is O=C(c1cscn1)N1Cc2ccnn2C[C@@H](CNc2ccccn2)C1. The zero-order valence-electron chi connectivity index (χ0n) is 13.6. The largest absolute Gasteiger partial charge is 0.370 e. The van der Waals surface area contributed by atoms with Gasteiger partial charge in [0.15, 0.2) is 0 Å². The third-order valence-electron chi connectivity index (χ3n) is 4.24. The van der Waals surface area contributed by atoms with E-state index in [0.717, 1.165) is 24.6 Å². The van der Waals surface area contributed by atoms with Gasteiger partial charge in [-0.25, -0.2) is 9.97 Å². The van der Waals surface area contributed by atoms with E-state index in [2.05, 4.69) is 20.4 Å². The van der Waals surface area contributed by atoms with Crippen LogP contribution in [0, 0.1) is 5.92 Å². The first-order chi connectivity index (χ1) is 12.3. The predicted molar refractivity (Wildman–Crippen MR) is 95.3 cm³/mol. The lowest BCUT2D eigenvalue weighted by atomic mass is 10.1. The van der Waals surface area contributed by atoms with Crippen molar-refractivity contribution in [1.82, 2.24) is 24.6 Å². The molecule has 0 fully saturated rings. The van der Waals surface area contributed by atoms with Crippen molar-refractivity contribution in [3.05, 3.63) is 58.9 Å². The average molecular weight is 354 g/mol. The average Bonchev–Trinajstić information content (AvgIpc) is 3.29. The molecule has 1 atom stereocenters. The summed E-state index contributed by atoms with van der Waals surface area (Å²) >= 11 is 1.44. The van der Waals surface area contributed by atoms with Gasteiger partial charge >= 0.3 is 0 Å². The molecular formula is C17H18N6OS. The summed E-state index contributed by atoms with van der Waals surface area (Å²) in [6.45, 7) is 2.69. The molecule has 1 aliphatic heterocycles. The van der Waals surface area contributed by atoms with Crippen molar-refractivity contribution in [2.45, 2.75) is 13.1 Å². The van der Waals surface area contributed by atoms with E-state index in [9.17, 15) is 4.79 Å². The highest BCUT2D eigenvalue weighted by molar-refractivity contribution is 7.07. The van der Waals surface area contributed by atoms with Crippen LogP contribution in [0.1, 0.15) is 16.2 Å². The van der Waals surface area contributed by atoms with Gasteiger partial charge in [-0.1, -0.05) is 6.07 Å². The van der Waals surface area contributed by atoms with Gasteiger partial charge in [0, 0.05) is 43.3 Å². The monoisotopic (exact) mass is 354 g/mol. The van der Waals surface area contributed by atoms with Crippen molar-refractivity contribution >= 4 is 23.1 Å². The van der Waals surface area contributed by atoms with Gasteiger partial charge in [-0.3, -0.25) is 9.48 Å². The summed E-state index contributed by atoms with van der Waals surface area (Å²) in [6, 6.07) is 7.75. The van der Waals surface area contributed by atoms with Crippen LogP contribution in [0.15, 0.2) is 47.5 Å². The Hall–Kier alpha value is -2.74. The Bertz CT molecular complexity index is 832. The number of thiazole rings is 1. The molecule has 0 saturated heterocycles. The molecule has 3 aromatic heterocycles. The van der Waals surface area contributed by atoms with E-state index in [1.54, 1.807) is 23.3 Å². The van der Waals surface area contributed by atoms with Crippen LogP contribution in [0.5, 0.6) is 0 Å². The molecule has 0 bridgehead atoms. The van der Waals surface area contributed by atoms with E-state index in [1.165, 1.54) is 11.3 Å². The second kappa shape index (κ2) is 7.02. The van der Waals surface area contributed by atoms with Crippen molar-refractivity contribution in [3.63, 3.8) is 0 Å². The lowest BCUT2D eigenvalue weighted by Crippen LogP contribution is -2.36. The number of rotatable bonds is 4. The minimum Gasteiger partial charge on any atom is -0.370 e. The summed E-state index contributed by atoms with van der Waals surface area (Å²) in [5.41, 5.74) is 3.24. The molecule has 0 saturated carbocycles. The zero-order valence-corrected chi connectivity index (χ0v) is 14.4. The van der Waals surface area contributed by atoms with Gasteiger partial charge in [0.1, 0.15) is 11.5 Å². The minimum absolute atomic E-state index is 0.0289. The van der Waals surface area contributed by atoms with E-state index in [0.29, 0.717) is 18.8 Å². The Kier molecular flexibility index (Phi) is 4.43. The zero-order chi connectivity index (χ0) is 17.1. The molecule has 128 valence electrons. The van der Waals surface area contributed by atoms with Crippen LogP contribution in [-0.4, -0.2) is 43.6 Å². The van der Waals surface area contributed by atoms with Gasteiger partial charge in [-0.15, -0.1) is 11.3 Å². The van der Waals surface area contributed by atoms with Crippen molar-refractivity contribution in [1.29, 1.82) is 0 Å². The predicted octanol–water partition coefficient (Wildman–Crippen LogP) is 2.12. The molecule has 8 heteroatoms. The van der Waals surface area contributed by atoms with Crippen LogP contribution >= 0.6 is 11.3 Å². The van der Waals surface area contributed by atoms with Gasteiger partial charge in [0.25, 0.3) is 5.91 Å². The number of nitrogens with zero attached hydrogens (tertiary/aromatic N) is 5. The molecule has 1 aliphatic rings. The van der Waals surface area contributed by atoms with Crippen molar-refractivity contribution in [2.24, 2.45) is 5.92 Å². The van der Waals surface area contributed by atoms with Gasteiger partial charge in [-0.2, -0.15) is 5.10 Å². The number of nitrogens with one attached hydrogen (secondary N) is 1. The van der Waals surface area contributed by atoms with Crippen LogP contribution < -0.4 is 5.32 Å². The molecule has 3 aromatic rings. The topological polar surface area (TPSA) is 75.9 Å². The maximum Gasteiger partial charge on any atom is 0.273 e. The standard InChI is InChI=1S/C17H18N6OS/c24-17(15-11-25-12-20-15)22-8-13(7-19-16-3-1-2-5-18-16)9-23-14(10-22)4-6-21-23/h1-6,11-13H,7-10H2,(H,18,19)/t13-/m0/s1. The van der Waals surface area contributed by atoms with Gasteiger partial charge in [-0.05, 0) is 18.2 Å². The quantitative estimate of drug-likeness (QED) is 0.777. The highest BCUT2D eigenvalue weighted by Crippen LogP contribution is 2.19. The first-order valence-electron chi connectivity index (χ1n) is 8.12. The molecule has 0 spiro atoms. The Morgan fingerprint density at radius 1 is 1.24 bits per heavy atom. The summed E-state index contributed by atoms with van der Waals surface area (Å²) in [6.07, 6.45) is 3.55. The first-order valence-corrected chi connectivity index (χ1v) is 9.07. The Labute approximate surface area is 149 Å². The van der Waals surface area contributed by atoms with E-state index in [-0.39, 0.29) is 11.8 Å². The highest BCUT2D eigenvalue weighted by Gasteiger charge is 2.27.